The molecule has 1 aliphatic rings. The first-order chi connectivity index (χ1) is 14.3. The standard InChI is InChI=1S/C23H18Cl2N2O2S/c1-13-10-16(15(3)26(13)20-9-5-8-19(25)14(20)2)11-21-22(28)27(23(29)30-21)18-7-4-6-17(24)12-18/h4-12H,1-3H3/b21-11+. The molecule has 0 radical (unpaired) electrons. The number of benzene rings is 2. The van der Waals surface area contributed by atoms with E-state index in [4.69, 9.17) is 23.2 Å². The SMILES string of the molecule is Cc1c(Cl)cccc1-n1c(C)cc(/C=C2/SC(=O)N(c3cccc(Cl)c3)C2=O)c1C. The van der Waals surface area contributed by atoms with E-state index >= 15 is 0 Å². The Balaban J connectivity index is 1.74. The zero-order chi connectivity index (χ0) is 21.6. The maximum atomic E-state index is 13.0. The molecule has 0 atom stereocenters. The highest BCUT2D eigenvalue weighted by Gasteiger charge is 2.36. The van der Waals surface area contributed by atoms with Crippen molar-refractivity contribution in [1.82, 2.24) is 4.57 Å². The quantitative estimate of drug-likeness (QED) is 0.400. The number of halogens is 2. The van der Waals surface area contributed by atoms with Crippen molar-refractivity contribution in [3.63, 3.8) is 0 Å². The van der Waals surface area contributed by atoms with Crippen molar-refractivity contribution >= 4 is 57.9 Å². The van der Waals surface area contributed by atoms with Gasteiger partial charge in [0.25, 0.3) is 11.1 Å². The summed E-state index contributed by atoms with van der Waals surface area (Å²) in [6.07, 6.45) is 1.77. The molecule has 1 fully saturated rings. The second-order valence-electron chi connectivity index (χ2n) is 7.04. The Bertz CT molecular complexity index is 1230. The average molecular weight is 457 g/mol. The van der Waals surface area contributed by atoms with Crippen molar-refractivity contribution in [1.29, 1.82) is 0 Å². The van der Waals surface area contributed by atoms with Crippen molar-refractivity contribution in [2.24, 2.45) is 0 Å². The fourth-order valence-corrected chi connectivity index (χ4v) is 4.78. The first-order valence-electron chi connectivity index (χ1n) is 9.26. The molecule has 1 aromatic heterocycles. The lowest BCUT2D eigenvalue weighted by molar-refractivity contribution is -0.113. The second-order valence-corrected chi connectivity index (χ2v) is 8.88. The summed E-state index contributed by atoms with van der Waals surface area (Å²) in [6.45, 7) is 5.97. The number of rotatable bonds is 3. The van der Waals surface area contributed by atoms with Crippen molar-refractivity contribution in [3.05, 3.63) is 86.0 Å². The summed E-state index contributed by atoms with van der Waals surface area (Å²) < 4.78 is 2.11. The number of amides is 2. The van der Waals surface area contributed by atoms with E-state index in [1.54, 1.807) is 30.3 Å². The van der Waals surface area contributed by atoms with E-state index in [-0.39, 0.29) is 11.1 Å². The Kier molecular flexibility index (Phi) is 5.53. The fourth-order valence-electron chi connectivity index (χ4n) is 3.59. The van der Waals surface area contributed by atoms with Gasteiger partial charge in [-0.25, -0.2) is 4.90 Å². The van der Waals surface area contributed by atoms with Gasteiger partial charge in [0.2, 0.25) is 0 Å². The number of aromatic nitrogens is 1. The molecule has 0 N–H and O–H groups in total. The number of anilines is 1. The Labute approximate surface area is 189 Å². The zero-order valence-corrected chi connectivity index (χ0v) is 18.9. The first-order valence-corrected chi connectivity index (χ1v) is 10.8. The molecule has 0 aliphatic carbocycles. The van der Waals surface area contributed by atoms with Crippen LogP contribution in [0.5, 0.6) is 0 Å². The third-order valence-electron chi connectivity index (χ3n) is 5.10. The number of hydrogen-bond acceptors (Lipinski definition) is 3. The summed E-state index contributed by atoms with van der Waals surface area (Å²) in [5, 5.41) is 0.827. The summed E-state index contributed by atoms with van der Waals surface area (Å²) >= 11 is 13.3. The minimum absolute atomic E-state index is 0.340. The van der Waals surface area contributed by atoms with Crippen molar-refractivity contribution in [3.8, 4) is 5.69 Å². The number of imide groups is 1. The van der Waals surface area contributed by atoms with Crippen LogP contribution in [0.25, 0.3) is 11.8 Å². The van der Waals surface area contributed by atoms with Crippen LogP contribution in [0.1, 0.15) is 22.5 Å². The summed E-state index contributed by atoms with van der Waals surface area (Å²) in [7, 11) is 0. The lowest BCUT2D eigenvalue weighted by Gasteiger charge is -2.13. The minimum atomic E-state index is -0.351. The van der Waals surface area contributed by atoms with Crippen molar-refractivity contribution in [2.75, 3.05) is 4.90 Å². The largest absolute Gasteiger partial charge is 0.318 e. The molecule has 2 heterocycles. The normalized spacial score (nSPS) is 15.5. The van der Waals surface area contributed by atoms with E-state index in [9.17, 15) is 9.59 Å². The van der Waals surface area contributed by atoms with Gasteiger partial charge in [0.05, 0.1) is 10.6 Å². The van der Waals surface area contributed by atoms with Gasteiger partial charge in [0, 0.05) is 27.1 Å². The van der Waals surface area contributed by atoms with Crippen molar-refractivity contribution in [2.45, 2.75) is 20.8 Å². The minimum Gasteiger partial charge on any atom is -0.318 e. The Morgan fingerprint density at radius 1 is 0.967 bits per heavy atom. The monoisotopic (exact) mass is 456 g/mol. The van der Waals surface area contributed by atoms with Crippen LogP contribution in [0.3, 0.4) is 0 Å². The van der Waals surface area contributed by atoms with E-state index in [0.29, 0.717) is 20.6 Å². The molecule has 4 nitrogen and oxygen atoms in total. The Morgan fingerprint density at radius 2 is 1.70 bits per heavy atom. The molecule has 0 saturated carbocycles. The van der Waals surface area contributed by atoms with Crippen LogP contribution in [-0.2, 0) is 4.79 Å². The smallest absolute Gasteiger partial charge is 0.298 e. The van der Waals surface area contributed by atoms with Gasteiger partial charge in [-0.15, -0.1) is 0 Å². The first kappa shape index (κ1) is 20.8. The Morgan fingerprint density at radius 3 is 2.43 bits per heavy atom. The summed E-state index contributed by atoms with van der Waals surface area (Å²) in [4.78, 5) is 27.0. The molecule has 1 saturated heterocycles. The van der Waals surface area contributed by atoms with Crippen LogP contribution in [0.15, 0.2) is 53.4 Å². The number of hydrogen-bond donors (Lipinski definition) is 0. The number of aryl methyl sites for hydroxylation is 1. The van der Waals surface area contributed by atoms with Crippen LogP contribution >= 0.6 is 35.0 Å². The van der Waals surface area contributed by atoms with Crippen LogP contribution in [0.4, 0.5) is 10.5 Å². The third-order valence-corrected chi connectivity index (χ3v) is 6.61. The van der Waals surface area contributed by atoms with Crippen LogP contribution < -0.4 is 4.90 Å². The molecular formula is C23H18Cl2N2O2S. The lowest BCUT2D eigenvalue weighted by Crippen LogP contribution is -2.27. The molecule has 0 bridgehead atoms. The van der Waals surface area contributed by atoms with Gasteiger partial charge in [0.1, 0.15) is 0 Å². The molecule has 1 aliphatic heterocycles. The lowest BCUT2D eigenvalue weighted by atomic mass is 10.2. The molecule has 2 amide bonds. The van der Waals surface area contributed by atoms with Gasteiger partial charge >= 0.3 is 0 Å². The van der Waals surface area contributed by atoms with Crippen molar-refractivity contribution < 1.29 is 9.59 Å². The van der Waals surface area contributed by atoms with Gasteiger partial charge in [-0.3, -0.25) is 9.59 Å². The molecule has 30 heavy (non-hydrogen) atoms. The molecule has 7 heteroatoms. The van der Waals surface area contributed by atoms with E-state index in [0.717, 1.165) is 44.9 Å². The molecule has 152 valence electrons. The molecule has 0 unspecified atom stereocenters. The van der Waals surface area contributed by atoms with E-state index in [1.807, 2.05) is 45.0 Å². The molecular weight excluding hydrogens is 439 g/mol. The maximum Gasteiger partial charge on any atom is 0.298 e. The van der Waals surface area contributed by atoms with Gasteiger partial charge in [-0.1, -0.05) is 35.3 Å². The highest BCUT2D eigenvalue weighted by Crippen LogP contribution is 2.37. The van der Waals surface area contributed by atoms with E-state index in [1.165, 1.54) is 0 Å². The molecule has 3 aromatic rings. The topological polar surface area (TPSA) is 42.3 Å². The summed E-state index contributed by atoms with van der Waals surface area (Å²) in [6, 6.07) is 14.5. The van der Waals surface area contributed by atoms with Crippen LogP contribution in [0.2, 0.25) is 10.0 Å². The number of carbonyl (C=O) groups is 2. The van der Waals surface area contributed by atoms with Gasteiger partial charge in [-0.05, 0) is 86.1 Å². The van der Waals surface area contributed by atoms with Gasteiger partial charge in [0.15, 0.2) is 0 Å². The molecule has 4 rings (SSSR count). The average Bonchev–Trinajstić information content (AvgIpc) is 3.13. The number of nitrogens with zero attached hydrogens (tertiary/aromatic N) is 2. The second kappa shape index (κ2) is 7.99. The van der Waals surface area contributed by atoms with E-state index < -0.39 is 0 Å². The fraction of sp³-hybridized carbons (Fsp3) is 0.130. The van der Waals surface area contributed by atoms with Crippen LogP contribution in [-0.4, -0.2) is 15.7 Å². The maximum absolute atomic E-state index is 13.0. The summed E-state index contributed by atoms with van der Waals surface area (Å²) in [5.74, 6) is -0.351. The van der Waals surface area contributed by atoms with Gasteiger partial charge < -0.3 is 4.57 Å². The van der Waals surface area contributed by atoms with Crippen LogP contribution in [0, 0.1) is 20.8 Å². The predicted molar refractivity (Wildman–Crippen MR) is 125 cm³/mol. The highest BCUT2D eigenvalue weighted by molar-refractivity contribution is 8.19. The number of carbonyl (C=O) groups excluding carboxylic acids is 2. The Hall–Kier alpha value is -2.47. The zero-order valence-electron chi connectivity index (χ0n) is 16.6. The highest BCUT2D eigenvalue weighted by atomic mass is 35.5. The number of thioether (sulfide) groups is 1. The van der Waals surface area contributed by atoms with E-state index in [2.05, 4.69) is 4.57 Å². The van der Waals surface area contributed by atoms with Gasteiger partial charge in [-0.2, -0.15) is 0 Å². The summed E-state index contributed by atoms with van der Waals surface area (Å²) in [5.41, 5.74) is 5.29. The predicted octanol–water partition coefficient (Wildman–Crippen LogP) is 6.95. The third kappa shape index (κ3) is 3.58. The molecule has 2 aromatic carbocycles. The molecule has 0 spiro atoms.